The Morgan fingerprint density at radius 1 is 0.806 bits per heavy atom. The first kappa shape index (κ1) is 21.5. The lowest BCUT2D eigenvalue weighted by molar-refractivity contribution is 0.00912. The number of piperazine rings is 1. The summed E-state index contributed by atoms with van der Waals surface area (Å²) >= 11 is 0. The van der Waals surface area contributed by atoms with Crippen LogP contribution in [0.1, 0.15) is 5.56 Å². The lowest BCUT2D eigenvalue weighted by atomic mass is 10.0. The highest BCUT2D eigenvalue weighted by atomic mass is 19.1. The molecule has 1 fully saturated rings. The summed E-state index contributed by atoms with van der Waals surface area (Å²) in [6.45, 7) is 4.45. The number of benzene rings is 3. The van der Waals surface area contributed by atoms with Gasteiger partial charge in [0.15, 0.2) is 0 Å². The summed E-state index contributed by atoms with van der Waals surface area (Å²) in [5, 5.41) is 10.4. The number of aliphatic hydroxyl groups is 1. The van der Waals surface area contributed by atoms with Crippen LogP contribution in [-0.4, -0.2) is 55.4 Å². The van der Waals surface area contributed by atoms with E-state index in [9.17, 15) is 9.50 Å². The molecule has 0 spiro atoms. The average Bonchev–Trinajstić information content (AvgIpc) is 2.81. The zero-order chi connectivity index (χ0) is 21.5. The fourth-order valence-corrected chi connectivity index (χ4v) is 3.97. The lowest BCUT2D eigenvalue weighted by Gasteiger charge is -2.36. The molecule has 162 valence electrons. The van der Waals surface area contributed by atoms with Crippen molar-refractivity contribution in [2.75, 3.05) is 44.2 Å². The first-order chi connectivity index (χ1) is 15.2. The van der Waals surface area contributed by atoms with Gasteiger partial charge < -0.3 is 14.7 Å². The van der Waals surface area contributed by atoms with E-state index in [4.69, 9.17) is 4.74 Å². The first-order valence-corrected chi connectivity index (χ1v) is 10.8. The second-order valence-electron chi connectivity index (χ2n) is 7.97. The molecule has 4 rings (SSSR count). The second kappa shape index (κ2) is 10.5. The summed E-state index contributed by atoms with van der Waals surface area (Å²) in [5.41, 5.74) is 4.12. The maximum atomic E-state index is 14.0. The first-order valence-electron chi connectivity index (χ1n) is 10.8. The minimum Gasteiger partial charge on any atom is -0.389 e. The van der Waals surface area contributed by atoms with Gasteiger partial charge in [-0.3, -0.25) is 4.90 Å². The van der Waals surface area contributed by atoms with Crippen LogP contribution in [0.2, 0.25) is 0 Å². The molecule has 4 nitrogen and oxygen atoms in total. The highest BCUT2D eigenvalue weighted by Crippen LogP contribution is 2.21. The Morgan fingerprint density at radius 3 is 2.16 bits per heavy atom. The van der Waals surface area contributed by atoms with E-state index < -0.39 is 6.10 Å². The molecule has 1 heterocycles. The topological polar surface area (TPSA) is 35.9 Å². The third-order valence-corrected chi connectivity index (χ3v) is 5.67. The van der Waals surface area contributed by atoms with Gasteiger partial charge in [0, 0.05) is 32.7 Å². The normalized spacial score (nSPS) is 15.7. The monoisotopic (exact) mass is 420 g/mol. The van der Waals surface area contributed by atoms with E-state index in [1.165, 1.54) is 17.2 Å². The minimum atomic E-state index is -0.538. The number of rotatable bonds is 8. The lowest BCUT2D eigenvalue weighted by Crippen LogP contribution is -2.49. The molecule has 0 aromatic heterocycles. The molecule has 5 heteroatoms. The van der Waals surface area contributed by atoms with Crippen molar-refractivity contribution in [1.82, 2.24) is 4.90 Å². The van der Waals surface area contributed by atoms with Crippen molar-refractivity contribution in [2.24, 2.45) is 0 Å². The van der Waals surface area contributed by atoms with E-state index in [1.807, 2.05) is 30.3 Å². The fourth-order valence-electron chi connectivity index (χ4n) is 3.97. The highest BCUT2D eigenvalue weighted by Gasteiger charge is 2.21. The smallest absolute Gasteiger partial charge is 0.146 e. The minimum absolute atomic E-state index is 0.179. The van der Waals surface area contributed by atoms with E-state index in [-0.39, 0.29) is 5.82 Å². The number of β-amino-alcohol motifs (C(OH)–C–C–N with tert-alkyl or cyclic N) is 1. The molecule has 0 saturated carbocycles. The van der Waals surface area contributed by atoms with E-state index >= 15 is 0 Å². The van der Waals surface area contributed by atoms with Crippen LogP contribution in [0.3, 0.4) is 0 Å². The maximum absolute atomic E-state index is 14.0. The van der Waals surface area contributed by atoms with Crippen LogP contribution in [0.4, 0.5) is 10.1 Å². The van der Waals surface area contributed by atoms with Crippen molar-refractivity contribution in [3.05, 3.63) is 90.2 Å². The van der Waals surface area contributed by atoms with Gasteiger partial charge in [0.2, 0.25) is 0 Å². The van der Waals surface area contributed by atoms with Crippen LogP contribution in [-0.2, 0) is 11.3 Å². The predicted molar refractivity (Wildman–Crippen MR) is 123 cm³/mol. The molecule has 1 atom stereocenters. The molecule has 0 aliphatic carbocycles. The predicted octanol–water partition coefficient (Wildman–Crippen LogP) is 4.19. The quantitative estimate of drug-likeness (QED) is 0.593. The van der Waals surface area contributed by atoms with Crippen LogP contribution in [0.25, 0.3) is 11.1 Å². The van der Waals surface area contributed by atoms with Crippen molar-refractivity contribution >= 4 is 5.69 Å². The third kappa shape index (κ3) is 5.91. The Hall–Kier alpha value is -2.73. The Balaban J connectivity index is 1.17. The van der Waals surface area contributed by atoms with Gasteiger partial charge in [0.25, 0.3) is 0 Å². The van der Waals surface area contributed by atoms with Crippen LogP contribution in [0, 0.1) is 5.82 Å². The van der Waals surface area contributed by atoms with Gasteiger partial charge in [0.1, 0.15) is 5.82 Å². The molecule has 0 radical (unpaired) electrons. The van der Waals surface area contributed by atoms with Gasteiger partial charge in [-0.2, -0.15) is 0 Å². The molecular weight excluding hydrogens is 391 g/mol. The number of aliphatic hydroxyl groups excluding tert-OH is 1. The summed E-state index contributed by atoms with van der Waals surface area (Å²) in [7, 11) is 0. The molecule has 0 amide bonds. The zero-order valence-corrected chi connectivity index (χ0v) is 17.7. The van der Waals surface area contributed by atoms with Gasteiger partial charge in [-0.25, -0.2) is 4.39 Å². The van der Waals surface area contributed by atoms with E-state index in [0.717, 1.165) is 31.7 Å². The molecule has 3 aromatic carbocycles. The summed E-state index contributed by atoms with van der Waals surface area (Å²) < 4.78 is 19.7. The van der Waals surface area contributed by atoms with Crippen molar-refractivity contribution in [3.8, 4) is 11.1 Å². The number of ether oxygens (including phenoxy) is 1. The van der Waals surface area contributed by atoms with E-state index in [1.54, 1.807) is 6.07 Å². The van der Waals surface area contributed by atoms with Crippen LogP contribution in [0.5, 0.6) is 0 Å². The third-order valence-electron chi connectivity index (χ3n) is 5.67. The standard InChI is InChI=1S/C26H29FN2O2/c27-25-8-4-5-9-26(25)29-16-14-28(15-17-29)18-24(30)20-31-19-21-10-12-23(13-11-21)22-6-2-1-3-7-22/h1-13,24,30H,14-20H2. The van der Waals surface area contributed by atoms with E-state index in [2.05, 4.69) is 46.2 Å². The molecule has 1 saturated heterocycles. The van der Waals surface area contributed by atoms with Crippen LogP contribution < -0.4 is 4.90 Å². The maximum Gasteiger partial charge on any atom is 0.146 e. The molecule has 1 aliphatic heterocycles. The van der Waals surface area contributed by atoms with Gasteiger partial charge in [-0.15, -0.1) is 0 Å². The SMILES string of the molecule is OC(COCc1ccc(-c2ccccc2)cc1)CN1CCN(c2ccccc2F)CC1. The van der Waals surface area contributed by atoms with Crippen LogP contribution >= 0.6 is 0 Å². The Kier molecular flexibility index (Phi) is 7.30. The second-order valence-corrected chi connectivity index (χ2v) is 7.97. The molecular formula is C26H29FN2O2. The van der Waals surface area contributed by atoms with E-state index in [0.29, 0.717) is 25.4 Å². The summed E-state index contributed by atoms with van der Waals surface area (Å²) in [6, 6.07) is 25.5. The fraction of sp³-hybridized carbons (Fsp3) is 0.308. The van der Waals surface area contributed by atoms with Crippen LogP contribution in [0.15, 0.2) is 78.9 Å². The Labute approximate surface area is 183 Å². The number of halogens is 1. The van der Waals surface area contributed by atoms with Gasteiger partial charge in [0.05, 0.1) is 25.0 Å². The number of nitrogens with zero attached hydrogens (tertiary/aromatic N) is 2. The molecule has 1 unspecified atom stereocenters. The van der Waals surface area contributed by atoms with Gasteiger partial charge in [-0.1, -0.05) is 66.7 Å². The number of hydrogen-bond donors (Lipinski definition) is 1. The van der Waals surface area contributed by atoms with Gasteiger partial charge >= 0.3 is 0 Å². The molecule has 0 bridgehead atoms. The molecule has 1 aliphatic rings. The average molecular weight is 421 g/mol. The number of para-hydroxylation sites is 1. The summed E-state index contributed by atoms with van der Waals surface area (Å²) in [4.78, 5) is 4.27. The molecule has 3 aromatic rings. The molecule has 31 heavy (non-hydrogen) atoms. The number of anilines is 1. The molecule has 1 N–H and O–H groups in total. The van der Waals surface area contributed by atoms with Crippen molar-refractivity contribution in [1.29, 1.82) is 0 Å². The highest BCUT2D eigenvalue weighted by molar-refractivity contribution is 5.63. The number of hydrogen-bond acceptors (Lipinski definition) is 4. The van der Waals surface area contributed by atoms with Crippen molar-refractivity contribution in [3.63, 3.8) is 0 Å². The van der Waals surface area contributed by atoms with Crippen molar-refractivity contribution in [2.45, 2.75) is 12.7 Å². The van der Waals surface area contributed by atoms with Gasteiger partial charge in [-0.05, 0) is 28.8 Å². The van der Waals surface area contributed by atoms with Crippen molar-refractivity contribution < 1.29 is 14.2 Å². The largest absolute Gasteiger partial charge is 0.389 e. The Morgan fingerprint density at radius 2 is 1.45 bits per heavy atom. The summed E-state index contributed by atoms with van der Waals surface area (Å²) in [5.74, 6) is -0.179. The summed E-state index contributed by atoms with van der Waals surface area (Å²) in [6.07, 6.45) is -0.538. The Bertz CT molecular complexity index is 941. The zero-order valence-electron chi connectivity index (χ0n) is 17.7.